The Balaban J connectivity index is 1.98. The Morgan fingerprint density at radius 3 is 2.09 bits per heavy atom. The molecule has 5 heteroatoms. The van der Waals surface area contributed by atoms with Crippen LogP contribution in [0.15, 0.2) is 0 Å². The van der Waals surface area contributed by atoms with Gasteiger partial charge in [-0.3, -0.25) is 0 Å². The summed E-state index contributed by atoms with van der Waals surface area (Å²) in [6.45, 7) is 2.69. The van der Waals surface area contributed by atoms with E-state index in [4.69, 9.17) is 9.47 Å². The smallest absolute Gasteiger partial charge is 0.114 e. The highest BCUT2D eigenvalue weighted by Crippen LogP contribution is 2.20. The first-order valence-electron chi connectivity index (χ1n) is 8.90. The van der Waals surface area contributed by atoms with Gasteiger partial charge < -0.3 is 24.8 Å². The fourth-order valence-electron chi connectivity index (χ4n) is 2.85. The summed E-state index contributed by atoms with van der Waals surface area (Å²) >= 11 is 0. The Hall–Kier alpha value is -0.200. The van der Waals surface area contributed by atoms with Gasteiger partial charge in [-0.2, -0.15) is 0 Å². The second kappa shape index (κ2) is 12.3. The molecule has 0 aromatic carbocycles. The third kappa shape index (κ3) is 7.38. The molecule has 0 spiro atoms. The second-order valence-electron chi connectivity index (χ2n) is 6.28. The van der Waals surface area contributed by atoms with E-state index in [0.29, 0.717) is 6.61 Å². The lowest BCUT2D eigenvalue weighted by Gasteiger charge is -2.24. The maximum absolute atomic E-state index is 9.75. The molecule has 0 radical (unpaired) electrons. The van der Waals surface area contributed by atoms with E-state index in [-0.39, 0.29) is 13.2 Å². The molecule has 1 aliphatic heterocycles. The summed E-state index contributed by atoms with van der Waals surface area (Å²) in [6.07, 6.45) is 8.21. The molecule has 0 unspecified atom stereocenters. The SMILES string of the molecule is CCCCCCCCCCCO[C@H](CO)[C@H]1OC[C@H](O)[C@H]1O. The molecule has 0 saturated carbocycles. The minimum Gasteiger partial charge on any atom is -0.394 e. The molecule has 5 nitrogen and oxygen atoms in total. The lowest BCUT2D eigenvalue weighted by atomic mass is 10.1. The maximum atomic E-state index is 9.75. The van der Waals surface area contributed by atoms with Crippen molar-refractivity contribution in [3.8, 4) is 0 Å². The van der Waals surface area contributed by atoms with Crippen LogP contribution in [-0.4, -0.2) is 59.6 Å². The zero-order valence-electron chi connectivity index (χ0n) is 14.0. The third-order valence-electron chi connectivity index (χ3n) is 4.32. The van der Waals surface area contributed by atoms with Crippen molar-refractivity contribution < 1.29 is 24.8 Å². The molecule has 1 aliphatic rings. The Kier molecular flexibility index (Phi) is 11.1. The van der Waals surface area contributed by atoms with Crippen molar-refractivity contribution in [2.24, 2.45) is 0 Å². The molecule has 1 saturated heterocycles. The maximum Gasteiger partial charge on any atom is 0.114 e. The largest absolute Gasteiger partial charge is 0.394 e. The zero-order chi connectivity index (χ0) is 16.2. The molecule has 0 bridgehead atoms. The molecule has 132 valence electrons. The Labute approximate surface area is 134 Å². The molecular formula is C17H34O5. The van der Waals surface area contributed by atoms with Crippen LogP contribution in [0.3, 0.4) is 0 Å². The molecule has 4 atom stereocenters. The van der Waals surface area contributed by atoms with Crippen molar-refractivity contribution in [1.29, 1.82) is 0 Å². The van der Waals surface area contributed by atoms with Crippen LogP contribution in [0.25, 0.3) is 0 Å². The monoisotopic (exact) mass is 318 g/mol. The van der Waals surface area contributed by atoms with Crippen LogP contribution in [0.5, 0.6) is 0 Å². The average molecular weight is 318 g/mol. The number of ether oxygens (including phenoxy) is 2. The summed E-state index contributed by atoms with van der Waals surface area (Å²) < 4.78 is 10.9. The summed E-state index contributed by atoms with van der Waals surface area (Å²) in [7, 11) is 0. The molecule has 22 heavy (non-hydrogen) atoms. The van der Waals surface area contributed by atoms with E-state index >= 15 is 0 Å². The van der Waals surface area contributed by atoms with Gasteiger partial charge in [0.1, 0.15) is 24.4 Å². The minimum atomic E-state index is -0.972. The van der Waals surface area contributed by atoms with Crippen LogP contribution in [0.4, 0.5) is 0 Å². The van der Waals surface area contributed by atoms with E-state index in [2.05, 4.69) is 6.92 Å². The third-order valence-corrected chi connectivity index (χ3v) is 4.32. The topological polar surface area (TPSA) is 79.2 Å². The van der Waals surface area contributed by atoms with Crippen LogP contribution >= 0.6 is 0 Å². The highest BCUT2D eigenvalue weighted by atomic mass is 16.6. The van der Waals surface area contributed by atoms with Crippen molar-refractivity contribution >= 4 is 0 Å². The molecule has 1 heterocycles. The normalized spacial score (nSPS) is 26.5. The van der Waals surface area contributed by atoms with Crippen molar-refractivity contribution in [1.82, 2.24) is 0 Å². The first-order chi connectivity index (χ1) is 10.7. The van der Waals surface area contributed by atoms with Crippen molar-refractivity contribution in [2.75, 3.05) is 19.8 Å². The van der Waals surface area contributed by atoms with Crippen LogP contribution < -0.4 is 0 Å². The van der Waals surface area contributed by atoms with E-state index in [9.17, 15) is 15.3 Å². The Morgan fingerprint density at radius 2 is 1.59 bits per heavy atom. The number of hydrogen-bond acceptors (Lipinski definition) is 5. The summed E-state index contributed by atoms with van der Waals surface area (Å²) in [5.74, 6) is 0. The number of hydrogen-bond donors (Lipinski definition) is 3. The molecule has 0 aromatic heterocycles. The van der Waals surface area contributed by atoms with Crippen molar-refractivity contribution in [3.05, 3.63) is 0 Å². The molecule has 1 fully saturated rings. The van der Waals surface area contributed by atoms with Gasteiger partial charge in [0.25, 0.3) is 0 Å². The van der Waals surface area contributed by atoms with E-state index in [1.807, 2.05) is 0 Å². The standard InChI is InChI=1S/C17H34O5/c1-2-3-4-5-6-7-8-9-10-11-21-15(12-18)17-16(20)14(19)13-22-17/h14-20H,2-13H2,1H3/t14-,15+,16+,17+/m0/s1. The van der Waals surface area contributed by atoms with Gasteiger partial charge in [-0.1, -0.05) is 58.3 Å². The molecule has 0 aliphatic carbocycles. The highest BCUT2D eigenvalue weighted by Gasteiger charge is 2.40. The molecule has 3 N–H and O–H groups in total. The van der Waals surface area contributed by atoms with Crippen LogP contribution in [-0.2, 0) is 9.47 Å². The zero-order valence-corrected chi connectivity index (χ0v) is 14.0. The lowest BCUT2D eigenvalue weighted by Crippen LogP contribution is -2.42. The predicted molar refractivity (Wildman–Crippen MR) is 85.8 cm³/mol. The molecule has 1 rings (SSSR count). The minimum absolute atomic E-state index is 0.101. The van der Waals surface area contributed by atoms with Crippen LogP contribution in [0.2, 0.25) is 0 Å². The summed E-state index contributed by atoms with van der Waals surface area (Å²) in [4.78, 5) is 0. The van der Waals surface area contributed by atoms with Gasteiger partial charge >= 0.3 is 0 Å². The van der Waals surface area contributed by atoms with E-state index in [1.54, 1.807) is 0 Å². The van der Waals surface area contributed by atoms with Gasteiger partial charge in [0.2, 0.25) is 0 Å². The van der Waals surface area contributed by atoms with E-state index in [0.717, 1.165) is 12.8 Å². The van der Waals surface area contributed by atoms with Gasteiger partial charge in [0.05, 0.1) is 13.2 Å². The predicted octanol–water partition coefficient (Wildman–Crippen LogP) is 2.02. The van der Waals surface area contributed by atoms with Crippen molar-refractivity contribution in [3.63, 3.8) is 0 Å². The summed E-state index contributed by atoms with van der Waals surface area (Å²) in [5.41, 5.74) is 0. The van der Waals surface area contributed by atoms with Gasteiger partial charge in [0.15, 0.2) is 0 Å². The molecule has 0 aromatic rings. The lowest BCUT2D eigenvalue weighted by molar-refractivity contribution is -0.101. The van der Waals surface area contributed by atoms with Gasteiger partial charge in [-0.25, -0.2) is 0 Å². The Bertz CT molecular complexity index is 261. The Morgan fingerprint density at radius 1 is 1.00 bits per heavy atom. The average Bonchev–Trinajstić information content (AvgIpc) is 2.85. The summed E-state index contributed by atoms with van der Waals surface area (Å²) in [5, 5.41) is 28.5. The van der Waals surface area contributed by atoms with Crippen LogP contribution in [0.1, 0.15) is 64.7 Å². The second-order valence-corrected chi connectivity index (χ2v) is 6.28. The fourth-order valence-corrected chi connectivity index (χ4v) is 2.85. The van der Waals surface area contributed by atoms with Crippen molar-refractivity contribution in [2.45, 2.75) is 89.1 Å². The van der Waals surface area contributed by atoms with Gasteiger partial charge in [0, 0.05) is 6.61 Å². The first kappa shape index (κ1) is 19.8. The van der Waals surface area contributed by atoms with E-state index < -0.39 is 24.4 Å². The van der Waals surface area contributed by atoms with E-state index in [1.165, 1.54) is 44.9 Å². The molecule has 0 amide bonds. The first-order valence-corrected chi connectivity index (χ1v) is 8.90. The molecular weight excluding hydrogens is 284 g/mol. The number of aliphatic hydroxyl groups is 3. The van der Waals surface area contributed by atoms with Gasteiger partial charge in [-0.15, -0.1) is 0 Å². The van der Waals surface area contributed by atoms with Gasteiger partial charge in [-0.05, 0) is 6.42 Å². The number of rotatable bonds is 13. The quantitative estimate of drug-likeness (QED) is 0.453. The van der Waals surface area contributed by atoms with Crippen LogP contribution in [0, 0.1) is 0 Å². The number of unbranched alkanes of at least 4 members (excludes halogenated alkanes) is 8. The fraction of sp³-hybridized carbons (Fsp3) is 1.00. The number of aliphatic hydroxyl groups excluding tert-OH is 3. The summed E-state index contributed by atoms with van der Waals surface area (Å²) in [6, 6.07) is 0. The highest BCUT2D eigenvalue weighted by molar-refractivity contribution is 4.88.